The van der Waals surface area contributed by atoms with Crippen LogP contribution in [0.25, 0.3) is 0 Å². The zero-order valence-electron chi connectivity index (χ0n) is 8.17. The van der Waals surface area contributed by atoms with Gasteiger partial charge in [0.25, 0.3) is 5.56 Å². The van der Waals surface area contributed by atoms with Crippen LogP contribution in [0.3, 0.4) is 0 Å². The Balaban J connectivity index is 2.02. The van der Waals surface area contributed by atoms with Gasteiger partial charge in [0.15, 0.2) is 0 Å². The van der Waals surface area contributed by atoms with Crippen molar-refractivity contribution in [1.29, 1.82) is 0 Å². The van der Waals surface area contributed by atoms with Crippen LogP contribution in [0.15, 0.2) is 26.0 Å². The van der Waals surface area contributed by atoms with Gasteiger partial charge in [-0.1, -0.05) is 0 Å². The van der Waals surface area contributed by atoms with Crippen molar-refractivity contribution in [2.45, 2.75) is 25.4 Å². The maximum absolute atomic E-state index is 11.7. The molecule has 0 unspecified atom stereocenters. The van der Waals surface area contributed by atoms with Gasteiger partial charge in [-0.2, -0.15) is 0 Å². The average Bonchev–Trinajstić information content (AvgIpc) is 2.97. The molecule has 0 bridgehead atoms. The molecule has 1 aromatic heterocycles. The summed E-state index contributed by atoms with van der Waals surface area (Å²) in [6.07, 6.45) is 4.37. The summed E-state index contributed by atoms with van der Waals surface area (Å²) in [5.41, 5.74) is 0.0239. The molecule has 82 valence electrons. The van der Waals surface area contributed by atoms with Crippen molar-refractivity contribution in [3.8, 4) is 0 Å². The minimum absolute atomic E-state index is 0.0239. The second-order valence-electron chi connectivity index (χ2n) is 3.73. The predicted octanol–water partition coefficient (Wildman–Crippen LogP) is 2.13. The van der Waals surface area contributed by atoms with Crippen molar-refractivity contribution in [3.63, 3.8) is 0 Å². The standard InChI is InChI=1S/C10H12Br2N2O/c11-7-5-9(12)10(15)14(6-7)4-3-13-8-1-2-8/h5-6,8,13H,1-4H2. The topological polar surface area (TPSA) is 34.0 Å². The molecule has 5 heteroatoms. The number of aromatic nitrogens is 1. The average molecular weight is 336 g/mol. The summed E-state index contributed by atoms with van der Waals surface area (Å²) in [6, 6.07) is 2.46. The summed E-state index contributed by atoms with van der Waals surface area (Å²) >= 11 is 6.62. The lowest BCUT2D eigenvalue weighted by Crippen LogP contribution is -2.28. The molecule has 1 saturated carbocycles. The lowest BCUT2D eigenvalue weighted by Gasteiger charge is -2.07. The molecular weight excluding hydrogens is 324 g/mol. The van der Waals surface area contributed by atoms with Gasteiger partial charge >= 0.3 is 0 Å². The van der Waals surface area contributed by atoms with Crippen LogP contribution >= 0.6 is 31.9 Å². The SMILES string of the molecule is O=c1c(Br)cc(Br)cn1CCNC1CC1. The maximum atomic E-state index is 11.7. The lowest BCUT2D eigenvalue weighted by atomic mass is 10.4. The molecule has 0 aromatic carbocycles. The van der Waals surface area contributed by atoms with Crippen molar-refractivity contribution in [3.05, 3.63) is 31.6 Å². The first kappa shape index (κ1) is 11.4. The van der Waals surface area contributed by atoms with Crippen molar-refractivity contribution < 1.29 is 0 Å². The third-order valence-corrected chi connectivity index (χ3v) is 3.37. The van der Waals surface area contributed by atoms with E-state index in [4.69, 9.17) is 0 Å². The highest BCUT2D eigenvalue weighted by molar-refractivity contribution is 9.11. The van der Waals surface area contributed by atoms with E-state index < -0.39 is 0 Å². The number of rotatable bonds is 4. The summed E-state index contributed by atoms with van der Waals surface area (Å²) in [7, 11) is 0. The van der Waals surface area contributed by atoms with E-state index in [1.165, 1.54) is 12.8 Å². The van der Waals surface area contributed by atoms with Crippen LogP contribution < -0.4 is 10.9 Å². The first-order valence-electron chi connectivity index (χ1n) is 4.95. The Kier molecular flexibility index (Phi) is 3.64. The van der Waals surface area contributed by atoms with E-state index in [-0.39, 0.29) is 5.56 Å². The van der Waals surface area contributed by atoms with Crippen LogP contribution in [0.1, 0.15) is 12.8 Å². The molecule has 1 aliphatic rings. The van der Waals surface area contributed by atoms with Crippen molar-refractivity contribution in [2.24, 2.45) is 0 Å². The van der Waals surface area contributed by atoms with E-state index in [1.54, 1.807) is 10.6 Å². The number of hydrogen-bond acceptors (Lipinski definition) is 2. The number of pyridine rings is 1. The first-order valence-corrected chi connectivity index (χ1v) is 6.54. The number of nitrogens with one attached hydrogen (secondary N) is 1. The maximum Gasteiger partial charge on any atom is 0.264 e. The van der Waals surface area contributed by atoms with Gasteiger partial charge < -0.3 is 9.88 Å². The van der Waals surface area contributed by atoms with Gasteiger partial charge in [0, 0.05) is 29.8 Å². The van der Waals surface area contributed by atoms with Gasteiger partial charge in [0.05, 0.1) is 4.47 Å². The summed E-state index contributed by atoms with van der Waals surface area (Å²) < 4.78 is 3.23. The Hall–Kier alpha value is -0.130. The normalized spacial score (nSPS) is 15.6. The molecule has 2 rings (SSSR count). The Morgan fingerprint density at radius 3 is 2.87 bits per heavy atom. The van der Waals surface area contributed by atoms with Gasteiger partial charge in [-0.25, -0.2) is 0 Å². The van der Waals surface area contributed by atoms with Crippen LogP contribution in [0.2, 0.25) is 0 Å². The van der Waals surface area contributed by atoms with Gasteiger partial charge in [0.1, 0.15) is 0 Å². The highest BCUT2D eigenvalue weighted by atomic mass is 79.9. The summed E-state index contributed by atoms with van der Waals surface area (Å²) in [5.74, 6) is 0. The molecule has 1 heterocycles. The summed E-state index contributed by atoms with van der Waals surface area (Å²) in [6.45, 7) is 1.57. The van der Waals surface area contributed by atoms with E-state index in [0.717, 1.165) is 11.0 Å². The molecular formula is C10H12Br2N2O. The van der Waals surface area contributed by atoms with Gasteiger partial charge in [-0.3, -0.25) is 4.79 Å². The molecule has 0 aliphatic heterocycles. The van der Waals surface area contributed by atoms with E-state index in [0.29, 0.717) is 17.1 Å². The van der Waals surface area contributed by atoms with Crippen molar-refractivity contribution >= 4 is 31.9 Å². The zero-order valence-corrected chi connectivity index (χ0v) is 11.3. The van der Waals surface area contributed by atoms with E-state index >= 15 is 0 Å². The molecule has 1 aliphatic carbocycles. The molecule has 1 fully saturated rings. The predicted molar refractivity (Wildman–Crippen MR) is 67.1 cm³/mol. The van der Waals surface area contributed by atoms with E-state index in [9.17, 15) is 4.79 Å². The Labute approximate surface area is 105 Å². The van der Waals surface area contributed by atoms with Crippen molar-refractivity contribution in [2.75, 3.05) is 6.54 Å². The molecule has 0 radical (unpaired) electrons. The molecule has 1 N–H and O–H groups in total. The minimum Gasteiger partial charge on any atom is -0.312 e. The van der Waals surface area contributed by atoms with Crippen molar-refractivity contribution in [1.82, 2.24) is 9.88 Å². The molecule has 0 amide bonds. The quantitative estimate of drug-likeness (QED) is 0.914. The lowest BCUT2D eigenvalue weighted by molar-refractivity contribution is 0.580. The largest absolute Gasteiger partial charge is 0.312 e. The van der Waals surface area contributed by atoms with Gasteiger partial charge in [-0.05, 0) is 50.8 Å². The van der Waals surface area contributed by atoms with Crippen LogP contribution in [-0.2, 0) is 6.54 Å². The first-order chi connectivity index (χ1) is 7.16. The Morgan fingerprint density at radius 1 is 1.47 bits per heavy atom. The van der Waals surface area contributed by atoms with E-state index in [2.05, 4.69) is 37.2 Å². The number of nitrogens with zero attached hydrogens (tertiary/aromatic N) is 1. The van der Waals surface area contributed by atoms with Crippen LogP contribution in [0, 0.1) is 0 Å². The highest BCUT2D eigenvalue weighted by Crippen LogP contribution is 2.18. The summed E-state index contributed by atoms with van der Waals surface area (Å²) in [5, 5.41) is 3.38. The Morgan fingerprint density at radius 2 is 2.20 bits per heavy atom. The molecule has 0 spiro atoms. The molecule has 15 heavy (non-hydrogen) atoms. The third-order valence-electron chi connectivity index (χ3n) is 2.37. The molecule has 3 nitrogen and oxygen atoms in total. The highest BCUT2D eigenvalue weighted by Gasteiger charge is 2.19. The smallest absolute Gasteiger partial charge is 0.264 e. The molecule has 0 atom stereocenters. The minimum atomic E-state index is 0.0239. The molecule has 0 saturated heterocycles. The third kappa shape index (κ3) is 3.16. The second-order valence-corrected chi connectivity index (χ2v) is 5.50. The van der Waals surface area contributed by atoms with Gasteiger partial charge in [0.2, 0.25) is 0 Å². The van der Waals surface area contributed by atoms with Gasteiger partial charge in [-0.15, -0.1) is 0 Å². The van der Waals surface area contributed by atoms with Crippen LogP contribution in [0.5, 0.6) is 0 Å². The fourth-order valence-electron chi connectivity index (χ4n) is 1.41. The fourth-order valence-corrected chi connectivity index (χ4v) is 2.67. The number of halogens is 2. The Bertz CT molecular complexity index is 412. The van der Waals surface area contributed by atoms with Crippen LogP contribution in [0.4, 0.5) is 0 Å². The summed E-state index contributed by atoms with van der Waals surface area (Å²) in [4.78, 5) is 11.7. The fraction of sp³-hybridized carbons (Fsp3) is 0.500. The van der Waals surface area contributed by atoms with Crippen LogP contribution in [-0.4, -0.2) is 17.2 Å². The number of hydrogen-bond donors (Lipinski definition) is 1. The van der Waals surface area contributed by atoms with E-state index in [1.807, 2.05) is 6.20 Å². The monoisotopic (exact) mass is 334 g/mol. The zero-order chi connectivity index (χ0) is 10.8. The second kappa shape index (κ2) is 4.80. The molecule has 1 aromatic rings.